The molecule has 0 saturated carbocycles. The molecule has 8 nitrogen and oxygen atoms in total. The minimum Gasteiger partial charge on any atom is -0.494 e. The number of sulfonamides is 1. The lowest BCUT2D eigenvalue weighted by molar-refractivity contribution is -0.139. The van der Waals surface area contributed by atoms with E-state index in [-0.39, 0.29) is 17.3 Å². The van der Waals surface area contributed by atoms with Crippen molar-refractivity contribution in [3.63, 3.8) is 0 Å². The maximum atomic E-state index is 14.0. The predicted molar refractivity (Wildman–Crippen MR) is 168 cm³/mol. The SMILES string of the molecule is CCCCNC(=O)[C@H](C)N(Cc1c(Cl)cccc1Cl)C(=O)CN(c1ccc(C)cc1)S(=O)(=O)c1ccc(OCC)cc1. The minimum absolute atomic E-state index is 0.00890. The van der Waals surface area contributed by atoms with Crippen LogP contribution in [-0.2, 0) is 26.2 Å². The molecule has 0 bridgehead atoms. The number of halogens is 2. The first-order chi connectivity index (χ1) is 20.0. The number of ether oxygens (including phenoxy) is 1. The van der Waals surface area contributed by atoms with E-state index in [1.165, 1.54) is 17.0 Å². The largest absolute Gasteiger partial charge is 0.494 e. The number of hydrogen-bond acceptors (Lipinski definition) is 5. The van der Waals surface area contributed by atoms with Crippen LogP contribution in [0.2, 0.25) is 10.0 Å². The van der Waals surface area contributed by atoms with Crippen LogP contribution in [0.1, 0.15) is 44.7 Å². The highest BCUT2D eigenvalue weighted by Gasteiger charge is 2.33. The topological polar surface area (TPSA) is 96.0 Å². The minimum atomic E-state index is -4.20. The van der Waals surface area contributed by atoms with Gasteiger partial charge in [0.1, 0.15) is 18.3 Å². The van der Waals surface area contributed by atoms with Gasteiger partial charge < -0.3 is 15.0 Å². The van der Waals surface area contributed by atoms with Gasteiger partial charge in [-0.1, -0.05) is 60.3 Å². The molecule has 0 aliphatic heterocycles. The fourth-order valence-electron chi connectivity index (χ4n) is 4.21. The van der Waals surface area contributed by atoms with Crippen molar-refractivity contribution in [2.24, 2.45) is 0 Å². The molecule has 3 aromatic rings. The fraction of sp³-hybridized carbons (Fsp3) is 0.355. The number of carbonyl (C=O) groups is 2. The lowest BCUT2D eigenvalue weighted by atomic mass is 10.1. The van der Waals surface area contributed by atoms with E-state index in [1.54, 1.807) is 61.5 Å². The van der Waals surface area contributed by atoms with Crippen LogP contribution < -0.4 is 14.4 Å². The third-order valence-electron chi connectivity index (χ3n) is 6.71. The molecule has 2 amide bonds. The molecule has 0 aromatic heterocycles. The number of aryl methyl sites for hydroxylation is 1. The number of benzene rings is 3. The molecule has 11 heteroatoms. The van der Waals surface area contributed by atoms with Crippen molar-refractivity contribution in [3.8, 4) is 5.75 Å². The average Bonchev–Trinajstić information content (AvgIpc) is 2.96. The number of rotatable bonds is 14. The molecule has 0 radical (unpaired) electrons. The Morgan fingerprint density at radius 3 is 2.14 bits per heavy atom. The van der Waals surface area contributed by atoms with Crippen LogP contribution >= 0.6 is 23.2 Å². The second-order valence-electron chi connectivity index (χ2n) is 9.79. The summed E-state index contributed by atoms with van der Waals surface area (Å²) in [6.07, 6.45) is 1.67. The Hall–Kier alpha value is -3.27. The van der Waals surface area contributed by atoms with Gasteiger partial charge in [0.05, 0.1) is 17.2 Å². The van der Waals surface area contributed by atoms with Gasteiger partial charge in [-0.25, -0.2) is 8.42 Å². The molecule has 0 aliphatic rings. The number of anilines is 1. The van der Waals surface area contributed by atoms with Crippen molar-refractivity contribution in [2.75, 3.05) is 24.0 Å². The predicted octanol–water partition coefficient (Wildman–Crippen LogP) is 6.23. The highest BCUT2D eigenvalue weighted by atomic mass is 35.5. The lowest BCUT2D eigenvalue weighted by Gasteiger charge is -2.32. The summed E-state index contributed by atoms with van der Waals surface area (Å²) in [4.78, 5) is 28.5. The Bertz CT molecular complexity index is 1440. The van der Waals surface area contributed by atoms with Gasteiger partial charge in [-0.3, -0.25) is 13.9 Å². The van der Waals surface area contributed by atoms with Crippen LogP contribution in [0, 0.1) is 6.92 Å². The van der Waals surface area contributed by atoms with Crippen molar-refractivity contribution in [3.05, 3.63) is 87.9 Å². The van der Waals surface area contributed by atoms with Gasteiger partial charge in [-0.2, -0.15) is 0 Å². The quantitative estimate of drug-likeness (QED) is 0.212. The van der Waals surface area contributed by atoms with Gasteiger partial charge in [-0.05, 0) is 75.7 Å². The van der Waals surface area contributed by atoms with Gasteiger partial charge in [0.2, 0.25) is 11.8 Å². The van der Waals surface area contributed by atoms with E-state index in [1.807, 2.05) is 20.8 Å². The van der Waals surface area contributed by atoms with Gasteiger partial charge in [0.15, 0.2) is 0 Å². The molecule has 1 N–H and O–H groups in total. The smallest absolute Gasteiger partial charge is 0.264 e. The maximum Gasteiger partial charge on any atom is 0.264 e. The summed E-state index contributed by atoms with van der Waals surface area (Å²) in [7, 11) is -4.20. The molecular formula is C31H37Cl2N3O5S. The molecule has 0 saturated heterocycles. The number of nitrogens with zero attached hydrogens (tertiary/aromatic N) is 2. The first-order valence-corrected chi connectivity index (χ1v) is 16.0. The van der Waals surface area contributed by atoms with Crippen molar-refractivity contribution >= 4 is 50.7 Å². The summed E-state index contributed by atoms with van der Waals surface area (Å²) in [6.45, 7) is 7.56. The standard InChI is InChI=1S/C31H37Cl2N3O5S/c1-5-7-19-34-31(38)23(4)35(20-27-28(32)9-8-10-29(27)33)30(37)21-36(24-13-11-22(3)12-14-24)42(39,40)26-17-15-25(16-18-26)41-6-2/h8-18,23H,5-7,19-21H2,1-4H3,(H,34,38)/t23-/m0/s1. The second-order valence-corrected chi connectivity index (χ2v) is 12.5. The van der Waals surface area contributed by atoms with Crippen LogP contribution in [0.15, 0.2) is 71.6 Å². The fourth-order valence-corrected chi connectivity index (χ4v) is 6.15. The van der Waals surface area contributed by atoms with E-state index < -0.39 is 28.5 Å². The molecule has 0 spiro atoms. The zero-order valence-electron chi connectivity index (χ0n) is 24.3. The van der Waals surface area contributed by atoms with Crippen LogP contribution in [0.4, 0.5) is 5.69 Å². The van der Waals surface area contributed by atoms with E-state index in [0.29, 0.717) is 40.2 Å². The Kier molecular flexibility index (Phi) is 12.1. The summed E-state index contributed by atoms with van der Waals surface area (Å²) < 4.78 is 34.5. The first kappa shape index (κ1) is 33.2. The zero-order chi connectivity index (χ0) is 30.9. The average molecular weight is 635 g/mol. The number of unbranched alkanes of at least 4 members (excludes halogenated alkanes) is 1. The third-order valence-corrected chi connectivity index (χ3v) is 9.21. The summed E-state index contributed by atoms with van der Waals surface area (Å²) in [5.41, 5.74) is 1.69. The summed E-state index contributed by atoms with van der Waals surface area (Å²) in [5, 5.41) is 3.51. The number of amides is 2. The van der Waals surface area contributed by atoms with Gasteiger partial charge in [0.25, 0.3) is 10.0 Å². The number of carbonyl (C=O) groups excluding carboxylic acids is 2. The maximum absolute atomic E-state index is 14.0. The molecule has 226 valence electrons. The molecule has 0 unspecified atom stereocenters. The summed E-state index contributed by atoms with van der Waals surface area (Å²) in [5.74, 6) is -0.435. The van der Waals surface area contributed by atoms with Crippen molar-refractivity contribution in [1.82, 2.24) is 10.2 Å². The van der Waals surface area contributed by atoms with Gasteiger partial charge in [-0.15, -0.1) is 0 Å². The van der Waals surface area contributed by atoms with E-state index in [0.717, 1.165) is 22.7 Å². The molecule has 1 atom stereocenters. The molecule has 0 aliphatic carbocycles. The van der Waals surface area contributed by atoms with Crippen LogP contribution in [-0.4, -0.2) is 50.9 Å². The molecular weight excluding hydrogens is 597 g/mol. The van der Waals surface area contributed by atoms with Crippen LogP contribution in [0.3, 0.4) is 0 Å². The van der Waals surface area contributed by atoms with Crippen molar-refractivity contribution in [2.45, 2.75) is 58.0 Å². The number of nitrogens with one attached hydrogen (secondary N) is 1. The number of hydrogen-bond donors (Lipinski definition) is 1. The lowest BCUT2D eigenvalue weighted by Crippen LogP contribution is -2.51. The van der Waals surface area contributed by atoms with Gasteiger partial charge >= 0.3 is 0 Å². The van der Waals surface area contributed by atoms with Crippen molar-refractivity contribution < 1.29 is 22.7 Å². The Balaban J connectivity index is 2.03. The molecule has 3 rings (SSSR count). The zero-order valence-corrected chi connectivity index (χ0v) is 26.6. The van der Waals surface area contributed by atoms with Crippen molar-refractivity contribution in [1.29, 1.82) is 0 Å². The first-order valence-electron chi connectivity index (χ1n) is 13.8. The summed E-state index contributed by atoms with van der Waals surface area (Å²) in [6, 6.07) is 16.9. The normalized spacial score (nSPS) is 12.0. The monoisotopic (exact) mass is 633 g/mol. The van der Waals surface area contributed by atoms with Gasteiger partial charge in [0, 0.05) is 28.7 Å². The van der Waals surface area contributed by atoms with Crippen LogP contribution in [0.25, 0.3) is 0 Å². The second kappa shape index (κ2) is 15.3. The van der Waals surface area contributed by atoms with E-state index in [4.69, 9.17) is 27.9 Å². The summed E-state index contributed by atoms with van der Waals surface area (Å²) >= 11 is 12.9. The molecule has 0 heterocycles. The van der Waals surface area contributed by atoms with E-state index in [9.17, 15) is 18.0 Å². The Morgan fingerprint density at radius 2 is 1.57 bits per heavy atom. The Labute approximate surface area is 258 Å². The highest BCUT2D eigenvalue weighted by molar-refractivity contribution is 7.92. The van der Waals surface area contributed by atoms with Crippen LogP contribution in [0.5, 0.6) is 5.75 Å². The molecule has 3 aromatic carbocycles. The highest BCUT2D eigenvalue weighted by Crippen LogP contribution is 2.29. The third kappa shape index (κ3) is 8.40. The molecule has 42 heavy (non-hydrogen) atoms. The Morgan fingerprint density at radius 1 is 0.952 bits per heavy atom. The van der Waals surface area contributed by atoms with E-state index >= 15 is 0 Å². The molecule has 0 fully saturated rings. The van der Waals surface area contributed by atoms with E-state index in [2.05, 4.69) is 5.32 Å².